The van der Waals surface area contributed by atoms with E-state index in [1.807, 2.05) is 25.1 Å². The van der Waals surface area contributed by atoms with Gasteiger partial charge in [-0.2, -0.15) is 0 Å². The lowest BCUT2D eigenvalue weighted by Gasteiger charge is -2.17. The monoisotopic (exact) mass is 220 g/mol. The van der Waals surface area contributed by atoms with Crippen molar-refractivity contribution in [1.82, 2.24) is 4.98 Å². The van der Waals surface area contributed by atoms with E-state index in [-0.39, 0.29) is 0 Å². The Kier molecular flexibility index (Phi) is 3.03. The molecule has 0 atom stereocenters. The number of pyridine rings is 1. The van der Waals surface area contributed by atoms with E-state index in [4.69, 9.17) is 4.74 Å². The fraction of sp³-hybridized carbons (Fsp3) is 0.615. The normalized spacial score (nSPS) is 15.3. The van der Waals surface area contributed by atoms with E-state index in [1.165, 1.54) is 12.8 Å². The summed E-state index contributed by atoms with van der Waals surface area (Å²) in [5.41, 5.74) is 1.07. The predicted molar refractivity (Wildman–Crippen MR) is 66.3 cm³/mol. The number of aromatic nitrogens is 1. The van der Waals surface area contributed by atoms with Gasteiger partial charge in [0.2, 0.25) is 0 Å². The Morgan fingerprint density at radius 1 is 1.31 bits per heavy atom. The molecule has 0 unspecified atom stereocenters. The van der Waals surface area contributed by atoms with Gasteiger partial charge in [-0.05, 0) is 30.9 Å². The fourth-order valence-corrected chi connectivity index (χ4v) is 1.58. The Labute approximate surface area is 97.4 Å². The van der Waals surface area contributed by atoms with E-state index in [0.717, 1.165) is 17.3 Å². The van der Waals surface area contributed by atoms with E-state index in [9.17, 15) is 0 Å². The SMILES string of the molecule is CC(C)c1nc(N(C)C)ccc1OC1CC1. The summed E-state index contributed by atoms with van der Waals surface area (Å²) in [7, 11) is 4.02. The van der Waals surface area contributed by atoms with Gasteiger partial charge >= 0.3 is 0 Å². The molecule has 1 aromatic heterocycles. The lowest BCUT2D eigenvalue weighted by molar-refractivity contribution is 0.297. The molecule has 0 N–H and O–H groups in total. The molecule has 0 amide bonds. The van der Waals surface area contributed by atoms with Crippen LogP contribution in [0.5, 0.6) is 5.75 Å². The number of anilines is 1. The molecule has 16 heavy (non-hydrogen) atoms. The van der Waals surface area contributed by atoms with Crippen molar-refractivity contribution in [2.24, 2.45) is 0 Å². The van der Waals surface area contributed by atoms with Gasteiger partial charge in [0.05, 0.1) is 11.8 Å². The largest absolute Gasteiger partial charge is 0.489 e. The maximum Gasteiger partial charge on any atom is 0.141 e. The van der Waals surface area contributed by atoms with Crippen molar-refractivity contribution < 1.29 is 4.74 Å². The van der Waals surface area contributed by atoms with E-state index >= 15 is 0 Å². The van der Waals surface area contributed by atoms with Gasteiger partial charge in [0.25, 0.3) is 0 Å². The van der Waals surface area contributed by atoms with Crippen molar-refractivity contribution in [2.75, 3.05) is 19.0 Å². The van der Waals surface area contributed by atoms with Gasteiger partial charge < -0.3 is 9.64 Å². The van der Waals surface area contributed by atoms with Gasteiger partial charge in [0.15, 0.2) is 0 Å². The first-order valence-corrected chi connectivity index (χ1v) is 5.93. The maximum atomic E-state index is 5.87. The highest BCUT2D eigenvalue weighted by molar-refractivity contribution is 5.44. The van der Waals surface area contributed by atoms with Crippen molar-refractivity contribution in [3.8, 4) is 5.75 Å². The molecule has 1 fully saturated rings. The second-order valence-corrected chi connectivity index (χ2v) is 4.92. The second-order valence-electron chi connectivity index (χ2n) is 4.92. The van der Waals surface area contributed by atoms with Crippen molar-refractivity contribution in [3.05, 3.63) is 17.8 Å². The molecular formula is C13H20N2O. The van der Waals surface area contributed by atoms with Crippen LogP contribution in [0.2, 0.25) is 0 Å². The Morgan fingerprint density at radius 2 is 2.00 bits per heavy atom. The summed E-state index contributed by atoms with van der Waals surface area (Å²) in [5.74, 6) is 2.35. The molecule has 1 saturated carbocycles. The smallest absolute Gasteiger partial charge is 0.141 e. The summed E-state index contributed by atoms with van der Waals surface area (Å²) in [6.07, 6.45) is 2.81. The molecule has 0 saturated heterocycles. The number of rotatable bonds is 4. The van der Waals surface area contributed by atoms with Gasteiger partial charge in [-0.25, -0.2) is 4.98 Å². The van der Waals surface area contributed by atoms with Gasteiger partial charge in [0.1, 0.15) is 11.6 Å². The first-order valence-electron chi connectivity index (χ1n) is 5.93. The van der Waals surface area contributed by atoms with E-state index in [0.29, 0.717) is 12.0 Å². The Morgan fingerprint density at radius 3 is 2.50 bits per heavy atom. The molecule has 88 valence electrons. The fourth-order valence-electron chi connectivity index (χ4n) is 1.58. The molecule has 0 aromatic carbocycles. The molecule has 2 rings (SSSR count). The van der Waals surface area contributed by atoms with Crippen LogP contribution in [-0.4, -0.2) is 25.2 Å². The third kappa shape index (κ3) is 2.46. The van der Waals surface area contributed by atoms with Crippen LogP contribution >= 0.6 is 0 Å². The molecule has 3 nitrogen and oxygen atoms in total. The summed E-state index contributed by atoms with van der Waals surface area (Å²) in [4.78, 5) is 6.67. The zero-order chi connectivity index (χ0) is 11.7. The van der Waals surface area contributed by atoms with Gasteiger partial charge in [-0.3, -0.25) is 0 Å². The topological polar surface area (TPSA) is 25.4 Å². The number of ether oxygens (including phenoxy) is 1. The van der Waals surface area contributed by atoms with Gasteiger partial charge in [-0.1, -0.05) is 13.8 Å². The van der Waals surface area contributed by atoms with Crippen LogP contribution in [0.15, 0.2) is 12.1 Å². The minimum atomic E-state index is 0.397. The quantitative estimate of drug-likeness (QED) is 0.780. The summed E-state index contributed by atoms with van der Waals surface area (Å²) in [5, 5.41) is 0. The molecule has 1 aromatic rings. The average molecular weight is 220 g/mol. The lowest BCUT2D eigenvalue weighted by atomic mass is 10.1. The Bertz CT molecular complexity index is 370. The van der Waals surface area contributed by atoms with Crippen LogP contribution in [0.25, 0.3) is 0 Å². The lowest BCUT2D eigenvalue weighted by Crippen LogP contribution is -2.13. The summed E-state index contributed by atoms with van der Waals surface area (Å²) in [6.45, 7) is 4.31. The van der Waals surface area contributed by atoms with Crippen LogP contribution < -0.4 is 9.64 Å². The summed E-state index contributed by atoms with van der Waals surface area (Å²) >= 11 is 0. The van der Waals surface area contributed by atoms with E-state index < -0.39 is 0 Å². The van der Waals surface area contributed by atoms with Crippen LogP contribution in [0, 0.1) is 0 Å². The molecule has 1 aliphatic rings. The molecule has 3 heteroatoms. The number of hydrogen-bond donors (Lipinski definition) is 0. The highest BCUT2D eigenvalue weighted by atomic mass is 16.5. The second kappa shape index (κ2) is 4.32. The third-order valence-electron chi connectivity index (χ3n) is 2.69. The standard InChI is InChI=1S/C13H20N2O/c1-9(2)13-11(16-10-5-6-10)7-8-12(14-13)15(3)4/h7-10H,5-6H2,1-4H3. The van der Waals surface area contributed by atoms with Crippen molar-refractivity contribution >= 4 is 5.82 Å². The minimum Gasteiger partial charge on any atom is -0.489 e. The summed E-state index contributed by atoms with van der Waals surface area (Å²) in [6, 6.07) is 4.07. The van der Waals surface area contributed by atoms with Crippen LogP contribution in [0.3, 0.4) is 0 Å². The zero-order valence-electron chi connectivity index (χ0n) is 10.5. The molecular weight excluding hydrogens is 200 g/mol. The highest BCUT2D eigenvalue weighted by Gasteiger charge is 2.25. The maximum absolute atomic E-state index is 5.87. The van der Waals surface area contributed by atoms with Crippen LogP contribution in [-0.2, 0) is 0 Å². The molecule has 0 spiro atoms. The first kappa shape index (κ1) is 11.2. The van der Waals surface area contributed by atoms with Crippen molar-refractivity contribution in [2.45, 2.75) is 38.7 Å². The average Bonchev–Trinajstić information content (AvgIpc) is 3.01. The number of hydrogen-bond acceptors (Lipinski definition) is 3. The Hall–Kier alpha value is -1.25. The van der Waals surface area contributed by atoms with E-state index in [1.54, 1.807) is 0 Å². The zero-order valence-corrected chi connectivity index (χ0v) is 10.5. The predicted octanol–water partition coefficient (Wildman–Crippen LogP) is 2.81. The molecule has 1 heterocycles. The van der Waals surface area contributed by atoms with Gasteiger partial charge in [0, 0.05) is 14.1 Å². The molecule has 0 radical (unpaired) electrons. The van der Waals surface area contributed by atoms with Crippen molar-refractivity contribution in [1.29, 1.82) is 0 Å². The highest BCUT2D eigenvalue weighted by Crippen LogP contribution is 2.32. The molecule has 0 aliphatic heterocycles. The van der Waals surface area contributed by atoms with Crippen molar-refractivity contribution in [3.63, 3.8) is 0 Å². The third-order valence-corrected chi connectivity index (χ3v) is 2.69. The summed E-state index contributed by atoms with van der Waals surface area (Å²) < 4.78 is 5.87. The first-order chi connectivity index (χ1) is 7.58. The van der Waals surface area contributed by atoms with Crippen LogP contribution in [0.4, 0.5) is 5.82 Å². The van der Waals surface area contributed by atoms with E-state index in [2.05, 4.69) is 24.9 Å². The molecule has 1 aliphatic carbocycles. The molecule has 0 bridgehead atoms. The Balaban J connectivity index is 2.28. The number of nitrogens with zero attached hydrogens (tertiary/aromatic N) is 2. The minimum absolute atomic E-state index is 0.397. The van der Waals surface area contributed by atoms with Crippen LogP contribution in [0.1, 0.15) is 38.3 Å². The van der Waals surface area contributed by atoms with Gasteiger partial charge in [-0.15, -0.1) is 0 Å².